The van der Waals surface area contributed by atoms with E-state index in [1.54, 1.807) is 7.11 Å². The van der Waals surface area contributed by atoms with E-state index in [2.05, 4.69) is 19.2 Å². The number of nitrogens with two attached hydrogens (primary N) is 1. The lowest BCUT2D eigenvalue weighted by Gasteiger charge is -2.20. The normalized spacial score (nSPS) is 14.6. The van der Waals surface area contributed by atoms with E-state index in [1.807, 2.05) is 0 Å². The molecule has 4 N–H and O–H groups in total. The van der Waals surface area contributed by atoms with Crippen LogP contribution < -0.4 is 11.1 Å². The first-order chi connectivity index (χ1) is 8.53. The number of aliphatic hydroxyl groups is 1. The van der Waals surface area contributed by atoms with Gasteiger partial charge >= 0.3 is 0 Å². The van der Waals surface area contributed by atoms with Gasteiger partial charge in [-0.15, -0.1) is 0 Å². The standard InChI is InChI=1S/C13H28N2O3/c1-10(2)6-11(8-14)7-13(17)15-12(4-5-16)9-18-3/h10-12,16H,4-9,14H2,1-3H3,(H,15,17)/t11-,12?/m0/s1. The van der Waals surface area contributed by atoms with E-state index in [1.165, 1.54) is 0 Å². The molecule has 0 fully saturated rings. The van der Waals surface area contributed by atoms with Crippen LogP contribution in [-0.2, 0) is 9.53 Å². The maximum Gasteiger partial charge on any atom is 0.220 e. The average molecular weight is 260 g/mol. The van der Waals surface area contributed by atoms with Crippen molar-refractivity contribution < 1.29 is 14.6 Å². The number of ether oxygens (including phenoxy) is 1. The van der Waals surface area contributed by atoms with Crippen LogP contribution >= 0.6 is 0 Å². The Morgan fingerprint density at radius 2 is 2.11 bits per heavy atom. The maximum atomic E-state index is 11.9. The molecule has 0 bridgehead atoms. The SMILES string of the molecule is COCC(CCO)NC(=O)C[C@@H](CN)CC(C)C. The number of carbonyl (C=O) groups excluding carboxylic acids is 1. The van der Waals surface area contributed by atoms with Crippen molar-refractivity contribution in [2.45, 2.75) is 39.2 Å². The van der Waals surface area contributed by atoms with Crippen LogP contribution in [0.3, 0.4) is 0 Å². The number of nitrogens with one attached hydrogen (secondary N) is 1. The fourth-order valence-corrected chi connectivity index (χ4v) is 2.03. The molecule has 0 aliphatic rings. The quantitative estimate of drug-likeness (QED) is 0.534. The second-order valence-corrected chi connectivity index (χ2v) is 5.17. The molecular formula is C13H28N2O3. The molecule has 0 heterocycles. The Morgan fingerprint density at radius 1 is 1.44 bits per heavy atom. The molecule has 0 aromatic carbocycles. The molecule has 0 saturated carbocycles. The number of rotatable bonds is 10. The van der Waals surface area contributed by atoms with Crippen LogP contribution in [0, 0.1) is 11.8 Å². The van der Waals surface area contributed by atoms with Gasteiger partial charge in [0.05, 0.1) is 12.6 Å². The molecular weight excluding hydrogens is 232 g/mol. The van der Waals surface area contributed by atoms with E-state index in [4.69, 9.17) is 15.6 Å². The van der Waals surface area contributed by atoms with Gasteiger partial charge in [0.25, 0.3) is 0 Å². The molecule has 1 amide bonds. The summed E-state index contributed by atoms with van der Waals surface area (Å²) in [7, 11) is 1.58. The second-order valence-electron chi connectivity index (χ2n) is 5.17. The summed E-state index contributed by atoms with van der Waals surface area (Å²) in [4.78, 5) is 11.9. The summed E-state index contributed by atoms with van der Waals surface area (Å²) < 4.78 is 5.00. The molecule has 0 saturated heterocycles. The van der Waals surface area contributed by atoms with E-state index in [-0.39, 0.29) is 24.5 Å². The third kappa shape index (κ3) is 8.44. The van der Waals surface area contributed by atoms with Gasteiger partial charge in [0.1, 0.15) is 0 Å². The first kappa shape index (κ1) is 17.4. The molecule has 1 unspecified atom stereocenters. The van der Waals surface area contributed by atoms with Crippen LogP contribution in [0.25, 0.3) is 0 Å². The number of methoxy groups -OCH3 is 1. The molecule has 2 atom stereocenters. The Labute approximate surface area is 110 Å². The molecule has 0 aromatic rings. The molecule has 0 rings (SSSR count). The van der Waals surface area contributed by atoms with Crippen LogP contribution in [0.1, 0.15) is 33.1 Å². The number of carbonyl (C=O) groups is 1. The van der Waals surface area contributed by atoms with Crippen LogP contribution in [0.5, 0.6) is 0 Å². The lowest BCUT2D eigenvalue weighted by molar-refractivity contribution is -0.123. The topological polar surface area (TPSA) is 84.6 Å². The van der Waals surface area contributed by atoms with Gasteiger partial charge in [-0.2, -0.15) is 0 Å². The van der Waals surface area contributed by atoms with Gasteiger partial charge in [-0.25, -0.2) is 0 Å². The lowest BCUT2D eigenvalue weighted by Crippen LogP contribution is -2.40. The van der Waals surface area contributed by atoms with E-state index >= 15 is 0 Å². The van der Waals surface area contributed by atoms with Crippen molar-refractivity contribution in [2.24, 2.45) is 17.6 Å². The van der Waals surface area contributed by atoms with Crippen LogP contribution in [0.4, 0.5) is 0 Å². The third-order valence-electron chi connectivity index (χ3n) is 2.82. The van der Waals surface area contributed by atoms with Crippen molar-refractivity contribution in [1.29, 1.82) is 0 Å². The summed E-state index contributed by atoms with van der Waals surface area (Å²) in [6.07, 6.45) is 1.91. The van der Waals surface area contributed by atoms with Crippen molar-refractivity contribution in [3.63, 3.8) is 0 Å². The van der Waals surface area contributed by atoms with Gasteiger partial charge in [-0.05, 0) is 31.2 Å². The summed E-state index contributed by atoms with van der Waals surface area (Å²) in [6.45, 7) is 5.24. The highest BCUT2D eigenvalue weighted by atomic mass is 16.5. The zero-order chi connectivity index (χ0) is 14.0. The van der Waals surface area contributed by atoms with E-state index in [0.717, 1.165) is 6.42 Å². The van der Waals surface area contributed by atoms with Gasteiger partial charge in [0, 0.05) is 20.1 Å². The zero-order valence-corrected chi connectivity index (χ0v) is 11.8. The van der Waals surface area contributed by atoms with Gasteiger partial charge in [0.15, 0.2) is 0 Å². The minimum Gasteiger partial charge on any atom is -0.396 e. The number of hydrogen-bond acceptors (Lipinski definition) is 4. The van der Waals surface area contributed by atoms with Crippen LogP contribution in [-0.4, -0.2) is 43.9 Å². The molecule has 0 spiro atoms. The molecule has 0 aliphatic heterocycles. The first-order valence-electron chi connectivity index (χ1n) is 6.62. The highest BCUT2D eigenvalue weighted by Gasteiger charge is 2.17. The molecule has 0 radical (unpaired) electrons. The van der Waals surface area contributed by atoms with Crippen molar-refractivity contribution in [3.8, 4) is 0 Å². The molecule has 5 nitrogen and oxygen atoms in total. The van der Waals surface area contributed by atoms with Gasteiger partial charge in [0.2, 0.25) is 5.91 Å². The number of amides is 1. The predicted molar refractivity (Wildman–Crippen MR) is 72.1 cm³/mol. The Balaban J connectivity index is 4.11. The van der Waals surface area contributed by atoms with Crippen molar-refractivity contribution in [1.82, 2.24) is 5.32 Å². The van der Waals surface area contributed by atoms with Gasteiger partial charge < -0.3 is 20.9 Å². The molecule has 5 heteroatoms. The summed E-state index contributed by atoms with van der Waals surface area (Å²) in [5.74, 6) is 0.752. The summed E-state index contributed by atoms with van der Waals surface area (Å²) in [5.41, 5.74) is 5.67. The van der Waals surface area contributed by atoms with E-state index in [9.17, 15) is 4.79 Å². The van der Waals surface area contributed by atoms with Gasteiger partial charge in [-0.1, -0.05) is 13.8 Å². The smallest absolute Gasteiger partial charge is 0.220 e. The minimum atomic E-state index is -0.120. The number of aliphatic hydroxyl groups excluding tert-OH is 1. The van der Waals surface area contributed by atoms with Gasteiger partial charge in [-0.3, -0.25) is 4.79 Å². The number of hydrogen-bond donors (Lipinski definition) is 3. The molecule has 18 heavy (non-hydrogen) atoms. The minimum absolute atomic E-state index is 0.0124. The second kappa shape index (κ2) is 10.3. The zero-order valence-electron chi connectivity index (χ0n) is 11.8. The highest BCUT2D eigenvalue weighted by Crippen LogP contribution is 2.14. The Hall–Kier alpha value is -0.650. The summed E-state index contributed by atoms with van der Waals surface area (Å²) in [6, 6.07) is -0.120. The van der Waals surface area contributed by atoms with E-state index in [0.29, 0.717) is 31.9 Å². The fourth-order valence-electron chi connectivity index (χ4n) is 2.03. The fraction of sp³-hybridized carbons (Fsp3) is 0.923. The first-order valence-corrected chi connectivity index (χ1v) is 6.62. The Bertz CT molecular complexity index is 210. The average Bonchev–Trinajstić information content (AvgIpc) is 2.28. The maximum absolute atomic E-state index is 11.9. The third-order valence-corrected chi connectivity index (χ3v) is 2.82. The van der Waals surface area contributed by atoms with Crippen LogP contribution in [0.15, 0.2) is 0 Å². The molecule has 0 aliphatic carbocycles. The largest absolute Gasteiger partial charge is 0.396 e. The molecule has 0 aromatic heterocycles. The molecule has 108 valence electrons. The summed E-state index contributed by atoms with van der Waals surface area (Å²) in [5, 5.41) is 11.8. The van der Waals surface area contributed by atoms with Crippen molar-refractivity contribution in [2.75, 3.05) is 26.9 Å². The highest BCUT2D eigenvalue weighted by molar-refractivity contribution is 5.76. The van der Waals surface area contributed by atoms with Crippen molar-refractivity contribution >= 4 is 5.91 Å². The summed E-state index contributed by atoms with van der Waals surface area (Å²) >= 11 is 0. The monoisotopic (exact) mass is 260 g/mol. The van der Waals surface area contributed by atoms with E-state index < -0.39 is 0 Å². The predicted octanol–water partition coefficient (Wildman–Crippen LogP) is 0.511. The lowest BCUT2D eigenvalue weighted by atomic mass is 9.94. The Kier molecular flexibility index (Phi) is 9.92. The van der Waals surface area contributed by atoms with Crippen LogP contribution in [0.2, 0.25) is 0 Å². The van der Waals surface area contributed by atoms with Crippen molar-refractivity contribution in [3.05, 3.63) is 0 Å². The Morgan fingerprint density at radius 3 is 2.56 bits per heavy atom.